The molecule has 0 saturated carbocycles. The van der Waals surface area contributed by atoms with Crippen LogP contribution in [0, 0.1) is 0 Å². The van der Waals surface area contributed by atoms with E-state index in [1.54, 1.807) is 0 Å². The summed E-state index contributed by atoms with van der Waals surface area (Å²) in [5.41, 5.74) is 5.91. The zero-order valence-electron chi connectivity index (χ0n) is 15.8. The molecule has 0 atom stereocenters. The minimum atomic E-state index is 0.124. The molecular formula is C24H30O. The summed E-state index contributed by atoms with van der Waals surface area (Å²) in [4.78, 5) is 0. The maximum atomic E-state index is 6.08. The predicted molar refractivity (Wildman–Crippen MR) is 107 cm³/mol. The van der Waals surface area contributed by atoms with Crippen LogP contribution in [0.15, 0.2) is 54.6 Å². The molecule has 0 spiro atoms. The van der Waals surface area contributed by atoms with Gasteiger partial charge in [0.25, 0.3) is 0 Å². The van der Waals surface area contributed by atoms with Gasteiger partial charge in [0.1, 0.15) is 5.75 Å². The van der Waals surface area contributed by atoms with Crippen molar-refractivity contribution < 1.29 is 4.74 Å². The molecule has 0 radical (unpaired) electrons. The van der Waals surface area contributed by atoms with E-state index in [-0.39, 0.29) is 5.41 Å². The largest absolute Gasteiger partial charge is 0.493 e. The highest BCUT2D eigenvalue weighted by Gasteiger charge is 2.18. The minimum absolute atomic E-state index is 0.124. The van der Waals surface area contributed by atoms with Crippen molar-refractivity contribution in [3.8, 4) is 5.75 Å². The number of ether oxygens (including phenoxy) is 1. The molecular weight excluding hydrogens is 304 g/mol. The number of hydrogen-bond donors (Lipinski definition) is 0. The molecule has 0 amide bonds. The quantitative estimate of drug-likeness (QED) is 0.521. The fourth-order valence-corrected chi connectivity index (χ4v) is 3.58. The Labute approximate surface area is 152 Å². The molecule has 1 aliphatic carbocycles. The van der Waals surface area contributed by atoms with Crippen LogP contribution in [-0.2, 0) is 11.8 Å². The van der Waals surface area contributed by atoms with E-state index in [0.717, 1.165) is 25.2 Å². The highest BCUT2D eigenvalue weighted by molar-refractivity contribution is 5.72. The average molecular weight is 335 g/mol. The molecule has 0 bridgehead atoms. The maximum Gasteiger partial charge on any atom is 0.123 e. The molecule has 132 valence electrons. The van der Waals surface area contributed by atoms with Gasteiger partial charge >= 0.3 is 0 Å². The monoisotopic (exact) mass is 334 g/mol. The maximum absolute atomic E-state index is 6.08. The molecule has 0 fully saturated rings. The summed E-state index contributed by atoms with van der Waals surface area (Å²) in [5.74, 6) is 1.04. The normalized spacial score (nSPS) is 13.5. The molecule has 0 unspecified atom stereocenters. The highest BCUT2D eigenvalue weighted by Crippen LogP contribution is 2.32. The first-order valence-electron chi connectivity index (χ1n) is 9.55. The summed E-state index contributed by atoms with van der Waals surface area (Å²) in [6.45, 7) is 7.52. The van der Waals surface area contributed by atoms with Gasteiger partial charge in [0.05, 0.1) is 6.61 Å². The first-order valence-corrected chi connectivity index (χ1v) is 9.55. The van der Waals surface area contributed by atoms with Crippen LogP contribution >= 0.6 is 0 Å². The SMILES string of the molecule is CC(C)(C)c1ccccc1OCCCCCC1=CCc2ccccc21. The van der Waals surface area contributed by atoms with E-state index in [4.69, 9.17) is 4.74 Å². The van der Waals surface area contributed by atoms with Gasteiger partial charge in [-0.1, -0.05) is 69.3 Å². The summed E-state index contributed by atoms with van der Waals surface area (Å²) < 4.78 is 6.08. The number of fused-ring (bicyclic) bond motifs is 1. The Morgan fingerprint density at radius 1 is 0.880 bits per heavy atom. The second-order valence-corrected chi connectivity index (χ2v) is 8.00. The van der Waals surface area contributed by atoms with E-state index in [1.165, 1.54) is 41.5 Å². The van der Waals surface area contributed by atoms with Crippen LogP contribution in [0.25, 0.3) is 5.57 Å². The number of rotatable bonds is 7. The molecule has 2 aromatic rings. The Balaban J connectivity index is 1.41. The average Bonchev–Trinajstić information content (AvgIpc) is 3.01. The van der Waals surface area contributed by atoms with Gasteiger partial charge in [-0.25, -0.2) is 0 Å². The highest BCUT2D eigenvalue weighted by atomic mass is 16.5. The molecule has 1 aliphatic rings. The molecule has 1 heteroatoms. The van der Waals surface area contributed by atoms with E-state index >= 15 is 0 Å². The molecule has 0 N–H and O–H groups in total. The summed E-state index contributed by atoms with van der Waals surface area (Å²) in [5, 5.41) is 0. The third-order valence-electron chi connectivity index (χ3n) is 4.97. The topological polar surface area (TPSA) is 9.23 Å². The van der Waals surface area contributed by atoms with Gasteiger partial charge in [0, 0.05) is 0 Å². The lowest BCUT2D eigenvalue weighted by Gasteiger charge is -2.22. The van der Waals surface area contributed by atoms with E-state index in [0.29, 0.717) is 0 Å². The lowest BCUT2D eigenvalue weighted by molar-refractivity contribution is 0.297. The summed E-state index contributed by atoms with van der Waals surface area (Å²) in [7, 11) is 0. The first kappa shape index (κ1) is 17.8. The Hall–Kier alpha value is -2.02. The molecule has 1 nitrogen and oxygen atoms in total. The third-order valence-corrected chi connectivity index (χ3v) is 4.97. The Bertz CT molecular complexity index is 734. The third kappa shape index (κ3) is 4.54. The van der Waals surface area contributed by atoms with Crippen molar-refractivity contribution in [1.82, 2.24) is 0 Å². The number of benzene rings is 2. The van der Waals surface area contributed by atoms with Crippen molar-refractivity contribution in [2.24, 2.45) is 0 Å². The molecule has 0 aromatic heterocycles. The molecule has 0 heterocycles. The molecule has 25 heavy (non-hydrogen) atoms. The van der Waals surface area contributed by atoms with Crippen molar-refractivity contribution in [2.45, 2.75) is 58.3 Å². The van der Waals surface area contributed by atoms with Crippen LogP contribution in [0.1, 0.15) is 63.1 Å². The second-order valence-electron chi connectivity index (χ2n) is 8.00. The molecule has 0 saturated heterocycles. The lowest BCUT2D eigenvalue weighted by Crippen LogP contribution is -2.13. The first-order chi connectivity index (χ1) is 12.1. The van der Waals surface area contributed by atoms with Crippen molar-refractivity contribution in [2.75, 3.05) is 6.61 Å². The predicted octanol–water partition coefficient (Wildman–Crippen LogP) is 6.56. The van der Waals surface area contributed by atoms with Gasteiger partial charge in [0.15, 0.2) is 0 Å². The number of hydrogen-bond acceptors (Lipinski definition) is 1. The van der Waals surface area contributed by atoms with Crippen molar-refractivity contribution in [3.05, 3.63) is 71.3 Å². The van der Waals surface area contributed by atoms with Crippen LogP contribution < -0.4 is 4.74 Å². The van der Waals surface area contributed by atoms with E-state index in [1.807, 2.05) is 0 Å². The van der Waals surface area contributed by atoms with Crippen LogP contribution in [0.3, 0.4) is 0 Å². The Morgan fingerprint density at radius 3 is 2.48 bits per heavy atom. The van der Waals surface area contributed by atoms with Gasteiger partial charge in [-0.2, -0.15) is 0 Å². The lowest BCUT2D eigenvalue weighted by atomic mass is 9.86. The fourth-order valence-electron chi connectivity index (χ4n) is 3.58. The second kappa shape index (κ2) is 7.91. The van der Waals surface area contributed by atoms with Crippen molar-refractivity contribution in [1.29, 1.82) is 0 Å². The van der Waals surface area contributed by atoms with Crippen molar-refractivity contribution in [3.63, 3.8) is 0 Å². The number of para-hydroxylation sites is 1. The smallest absolute Gasteiger partial charge is 0.123 e. The van der Waals surface area contributed by atoms with Gasteiger partial charge in [0.2, 0.25) is 0 Å². The Kier molecular flexibility index (Phi) is 5.63. The summed E-state index contributed by atoms with van der Waals surface area (Å²) in [6, 6.07) is 17.2. The van der Waals surface area contributed by atoms with Gasteiger partial charge in [-0.05, 0) is 65.8 Å². The summed E-state index contributed by atoms with van der Waals surface area (Å²) >= 11 is 0. The van der Waals surface area contributed by atoms with Crippen LogP contribution in [-0.4, -0.2) is 6.61 Å². The van der Waals surface area contributed by atoms with E-state index in [2.05, 4.69) is 75.4 Å². The van der Waals surface area contributed by atoms with Gasteiger partial charge in [-0.15, -0.1) is 0 Å². The molecule has 3 rings (SSSR count). The summed E-state index contributed by atoms with van der Waals surface area (Å²) in [6.07, 6.45) is 8.28. The Morgan fingerprint density at radius 2 is 1.64 bits per heavy atom. The van der Waals surface area contributed by atoms with Crippen LogP contribution in [0.4, 0.5) is 0 Å². The fraction of sp³-hybridized carbons (Fsp3) is 0.417. The van der Waals surface area contributed by atoms with Gasteiger partial charge in [-0.3, -0.25) is 0 Å². The van der Waals surface area contributed by atoms with Crippen LogP contribution in [0.2, 0.25) is 0 Å². The van der Waals surface area contributed by atoms with E-state index < -0.39 is 0 Å². The van der Waals surface area contributed by atoms with Crippen LogP contribution in [0.5, 0.6) is 5.75 Å². The standard InChI is InChI=1S/C24H30O/c1-24(2,3)22-14-8-9-15-23(22)25-18-10-4-5-11-19-16-17-20-12-6-7-13-21(19)20/h6-9,12-16H,4-5,10-11,17-18H2,1-3H3. The van der Waals surface area contributed by atoms with E-state index in [9.17, 15) is 0 Å². The zero-order chi connectivity index (χ0) is 17.7. The van der Waals surface area contributed by atoms with Crippen molar-refractivity contribution >= 4 is 5.57 Å². The molecule has 0 aliphatic heterocycles. The number of unbranched alkanes of at least 4 members (excludes halogenated alkanes) is 2. The van der Waals surface area contributed by atoms with Gasteiger partial charge < -0.3 is 4.74 Å². The minimum Gasteiger partial charge on any atom is -0.493 e. The zero-order valence-corrected chi connectivity index (χ0v) is 15.8. The number of allylic oxidation sites excluding steroid dienone is 2. The molecule has 2 aromatic carbocycles.